The van der Waals surface area contributed by atoms with Crippen molar-refractivity contribution in [2.45, 2.75) is 39.2 Å². The lowest BCUT2D eigenvalue weighted by Crippen LogP contribution is -2.39. The molecule has 3 aromatic rings. The van der Waals surface area contributed by atoms with Gasteiger partial charge in [0, 0.05) is 0 Å². The molecule has 0 bridgehead atoms. The van der Waals surface area contributed by atoms with Crippen LogP contribution in [0.3, 0.4) is 0 Å². The van der Waals surface area contributed by atoms with Crippen LogP contribution in [-0.4, -0.2) is 30.9 Å². The maximum absolute atomic E-state index is 13.8. The van der Waals surface area contributed by atoms with Gasteiger partial charge in [-0.25, -0.2) is 9.79 Å². The van der Waals surface area contributed by atoms with Crippen LogP contribution in [0.15, 0.2) is 88.3 Å². The third-order valence-electron chi connectivity index (χ3n) is 6.42. The molecule has 0 fully saturated rings. The number of carbonyl (C=O) groups is 1. The molecule has 1 aliphatic heterocycles. The molecule has 208 valence electrons. The summed E-state index contributed by atoms with van der Waals surface area (Å²) in [5.74, 6) is 0.580. The Labute approximate surface area is 238 Å². The molecule has 2 heterocycles. The first-order chi connectivity index (χ1) is 19.5. The van der Waals surface area contributed by atoms with Crippen LogP contribution >= 0.6 is 11.3 Å². The van der Waals surface area contributed by atoms with Gasteiger partial charge in [0.25, 0.3) is 5.56 Å². The number of esters is 1. The molecular formula is C32H34N2O5S. The van der Waals surface area contributed by atoms with E-state index in [1.54, 1.807) is 24.7 Å². The van der Waals surface area contributed by atoms with Crippen LogP contribution in [0.4, 0.5) is 0 Å². The van der Waals surface area contributed by atoms with Crippen molar-refractivity contribution in [2.24, 2.45) is 4.99 Å². The number of rotatable bonds is 12. The Bertz CT molecular complexity index is 1600. The van der Waals surface area contributed by atoms with E-state index in [1.165, 1.54) is 17.4 Å². The maximum atomic E-state index is 13.8. The SMILES string of the molecule is C=CCOC(=O)C1=C(C)N=c2s/c(=C\C=C\c3ccccc3)c(=O)n2C1c1ccc(OCCCCC)c(OC)c1. The smallest absolute Gasteiger partial charge is 0.338 e. The van der Waals surface area contributed by atoms with Crippen LogP contribution in [0, 0.1) is 0 Å². The zero-order valence-electron chi connectivity index (χ0n) is 23.1. The predicted molar refractivity (Wildman–Crippen MR) is 159 cm³/mol. The number of methoxy groups -OCH3 is 1. The fraction of sp³-hybridized carbons (Fsp3) is 0.281. The molecule has 1 unspecified atom stereocenters. The Morgan fingerprint density at radius 1 is 1.15 bits per heavy atom. The van der Waals surface area contributed by atoms with Crippen LogP contribution in [0.5, 0.6) is 11.5 Å². The monoisotopic (exact) mass is 558 g/mol. The molecule has 0 saturated heterocycles. The normalized spacial score (nSPS) is 15.1. The highest BCUT2D eigenvalue weighted by Gasteiger charge is 2.34. The Balaban J connectivity index is 1.80. The van der Waals surface area contributed by atoms with E-state index in [2.05, 4.69) is 18.5 Å². The Morgan fingerprint density at radius 3 is 2.67 bits per heavy atom. The van der Waals surface area contributed by atoms with Gasteiger partial charge in [0.05, 0.1) is 35.6 Å². The first-order valence-electron chi connectivity index (χ1n) is 13.3. The second-order valence-corrected chi connectivity index (χ2v) is 10.2. The number of hydrogen-bond donors (Lipinski definition) is 0. The van der Waals surface area contributed by atoms with Crippen molar-refractivity contribution in [3.63, 3.8) is 0 Å². The van der Waals surface area contributed by atoms with E-state index in [9.17, 15) is 9.59 Å². The topological polar surface area (TPSA) is 79.1 Å². The van der Waals surface area contributed by atoms with Gasteiger partial charge in [-0.2, -0.15) is 0 Å². The Kier molecular flexibility index (Phi) is 9.91. The van der Waals surface area contributed by atoms with Crippen molar-refractivity contribution in [3.8, 4) is 11.5 Å². The fourth-order valence-electron chi connectivity index (χ4n) is 4.44. The second kappa shape index (κ2) is 13.8. The maximum Gasteiger partial charge on any atom is 0.338 e. The van der Waals surface area contributed by atoms with E-state index in [4.69, 9.17) is 14.2 Å². The minimum absolute atomic E-state index is 0.0465. The van der Waals surface area contributed by atoms with Crippen molar-refractivity contribution in [1.82, 2.24) is 4.57 Å². The third kappa shape index (κ3) is 6.51. The third-order valence-corrected chi connectivity index (χ3v) is 7.42. The summed E-state index contributed by atoms with van der Waals surface area (Å²) in [6, 6.07) is 14.6. The number of carbonyl (C=O) groups excluding carboxylic acids is 1. The Hall–Kier alpha value is -4.17. The number of nitrogens with zero attached hydrogens (tertiary/aromatic N) is 2. The number of thiazole rings is 1. The van der Waals surface area contributed by atoms with Gasteiger partial charge in [-0.3, -0.25) is 9.36 Å². The van der Waals surface area contributed by atoms with Crippen molar-refractivity contribution < 1.29 is 19.0 Å². The minimum atomic E-state index is -0.753. The summed E-state index contributed by atoms with van der Waals surface area (Å²) in [6.07, 6.45) is 10.2. The number of aromatic nitrogens is 1. The second-order valence-electron chi connectivity index (χ2n) is 9.23. The molecule has 2 aromatic carbocycles. The summed E-state index contributed by atoms with van der Waals surface area (Å²) in [4.78, 5) is 32.1. The molecule has 0 amide bonds. The molecule has 0 aliphatic carbocycles. The first kappa shape index (κ1) is 28.8. The van der Waals surface area contributed by atoms with Crippen LogP contribution in [0.25, 0.3) is 12.2 Å². The molecule has 4 rings (SSSR count). The molecule has 0 radical (unpaired) electrons. The number of fused-ring (bicyclic) bond motifs is 1. The van der Waals surface area contributed by atoms with Gasteiger partial charge in [0.2, 0.25) is 0 Å². The molecule has 0 saturated carbocycles. The summed E-state index contributed by atoms with van der Waals surface area (Å²) in [5, 5.41) is 0. The number of unbranched alkanes of at least 4 members (excludes halogenated alkanes) is 2. The van der Waals surface area contributed by atoms with Gasteiger partial charge in [-0.05, 0) is 42.7 Å². The van der Waals surface area contributed by atoms with E-state index in [0.717, 1.165) is 24.8 Å². The van der Waals surface area contributed by atoms with Crippen LogP contribution in [0.1, 0.15) is 50.3 Å². The summed E-state index contributed by atoms with van der Waals surface area (Å²) < 4.78 is 19.1. The summed E-state index contributed by atoms with van der Waals surface area (Å²) >= 11 is 1.28. The van der Waals surface area contributed by atoms with E-state index in [0.29, 0.717) is 44.3 Å². The van der Waals surface area contributed by atoms with Gasteiger partial charge in [-0.1, -0.05) is 92.3 Å². The molecule has 0 N–H and O–H groups in total. The zero-order chi connectivity index (χ0) is 28.5. The van der Waals surface area contributed by atoms with E-state index < -0.39 is 12.0 Å². The van der Waals surface area contributed by atoms with Gasteiger partial charge >= 0.3 is 5.97 Å². The van der Waals surface area contributed by atoms with Gasteiger partial charge in [0.15, 0.2) is 16.3 Å². The quantitative estimate of drug-likeness (QED) is 0.173. The largest absolute Gasteiger partial charge is 0.493 e. The molecule has 8 heteroatoms. The average molecular weight is 559 g/mol. The summed E-state index contributed by atoms with van der Waals surface area (Å²) in [6.45, 7) is 8.16. The lowest BCUT2D eigenvalue weighted by Gasteiger charge is -2.25. The zero-order valence-corrected chi connectivity index (χ0v) is 23.9. The molecule has 1 aromatic heterocycles. The van der Waals surface area contributed by atoms with Gasteiger partial charge in [0.1, 0.15) is 6.61 Å². The van der Waals surface area contributed by atoms with Crippen molar-refractivity contribution >= 4 is 29.5 Å². The lowest BCUT2D eigenvalue weighted by molar-refractivity contribution is -0.138. The van der Waals surface area contributed by atoms with Crippen molar-refractivity contribution in [1.29, 1.82) is 0 Å². The summed E-state index contributed by atoms with van der Waals surface area (Å²) in [5.41, 5.74) is 2.25. The number of benzene rings is 2. The van der Waals surface area contributed by atoms with Crippen molar-refractivity contribution in [2.75, 3.05) is 20.3 Å². The lowest BCUT2D eigenvalue weighted by atomic mass is 9.95. The van der Waals surface area contributed by atoms with Gasteiger partial charge < -0.3 is 14.2 Å². The minimum Gasteiger partial charge on any atom is -0.493 e. The fourth-order valence-corrected chi connectivity index (χ4v) is 5.44. The average Bonchev–Trinajstić information content (AvgIpc) is 3.28. The molecule has 1 aliphatic rings. The van der Waals surface area contributed by atoms with Crippen LogP contribution < -0.4 is 24.4 Å². The molecule has 1 atom stereocenters. The molecule has 7 nitrogen and oxygen atoms in total. The summed E-state index contributed by atoms with van der Waals surface area (Å²) in [7, 11) is 1.57. The van der Waals surface area contributed by atoms with Crippen LogP contribution in [-0.2, 0) is 9.53 Å². The van der Waals surface area contributed by atoms with Crippen molar-refractivity contribution in [3.05, 3.63) is 109 Å². The molecule has 0 spiro atoms. The number of hydrogen-bond acceptors (Lipinski definition) is 7. The van der Waals surface area contributed by atoms with Gasteiger partial charge in [-0.15, -0.1) is 0 Å². The highest BCUT2D eigenvalue weighted by atomic mass is 32.1. The highest BCUT2D eigenvalue weighted by Crippen LogP contribution is 2.36. The van der Waals surface area contributed by atoms with E-state index in [-0.39, 0.29) is 12.2 Å². The predicted octanol–water partition coefficient (Wildman–Crippen LogP) is 5.21. The molecular weight excluding hydrogens is 524 g/mol. The first-order valence-corrected chi connectivity index (χ1v) is 14.1. The highest BCUT2D eigenvalue weighted by molar-refractivity contribution is 7.07. The van der Waals surface area contributed by atoms with E-state index in [1.807, 2.05) is 60.7 Å². The van der Waals surface area contributed by atoms with E-state index >= 15 is 0 Å². The molecule has 40 heavy (non-hydrogen) atoms. The Morgan fingerprint density at radius 2 is 1.95 bits per heavy atom. The number of allylic oxidation sites excluding steroid dienone is 2. The number of ether oxygens (including phenoxy) is 3. The standard InChI is InChI=1S/C32H34N2O5S/c1-5-7-11-20-38-25-18-17-24(21-26(25)37-4)29-28(31(36)39-19-6-2)22(3)33-32-34(29)30(35)27(40-32)16-12-15-23-13-9-8-10-14-23/h6,8-10,12-18,21,29H,2,5,7,11,19-20H2,1,3-4H3/b15-12+,27-16-. The van der Waals surface area contributed by atoms with Crippen LogP contribution in [0.2, 0.25) is 0 Å².